The first-order valence-electron chi connectivity index (χ1n) is 15.6. The van der Waals surface area contributed by atoms with Gasteiger partial charge in [0.15, 0.2) is 0 Å². The van der Waals surface area contributed by atoms with E-state index in [9.17, 15) is 4.79 Å². The molecular formula is C38H59NO2. The number of rotatable bonds is 8. The Morgan fingerprint density at radius 2 is 1.68 bits per heavy atom. The standard InChI is InChI=1S/C13H17NO.C12H16.C9H16O.C4H10/c1-10-6-5-7-13(8-10)14(4)11(2)9-12(3)15;1-4-5-11-6-8-12(9-7-11)10(2)3;1-3-8-6-10-9(8)5-4-7(9)2;1-4(2)3/h5-8H,2,9H2,1,3-4H3;6-9H,2,4-5H2,1,3H3;7-8H,3-6H2,1-2H3;4H,1-3H3. The number of ketones is 1. The molecule has 3 heteroatoms. The number of Topliss-reactive ketones (excluding diaryl/α,β-unsaturated/α-hetero) is 1. The number of hydrogen-bond acceptors (Lipinski definition) is 3. The van der Waals surface area contributed by atoms with Crippen LogP contribution < -0.4 is 4.90 Å². The van der Waals surface area contributed by atoms with Gasteiger partial charge in [-0.05, 0) is 87.1 Å². The number of hydrogen-bond donors (Lipinski definition) is 0. The molecular weight excluding hydrogens is 502 g/mol. The first-order valence-corrected chi connectivity index (χ1v) is 15.6. The summed E-state index contributed by atoms with van der Waals surface area (Å²) in [7, 11) is 1.93. The van der Waals surface area contributed by atoms with Gasteiger partial charge in [-0.15, -0.1) is 0 Å². The molecule has 41 heavy (non-hydrogen) atoms. The van der Waals surface area contributed by atoms with Crippen LogP contribution in [0.3, 0.4) is 0 Å². The van der Waals surface area contributed by atoms with Crippen molar-refractivity contribution in [3.8, 4) is 0 Å². The van der Waals surface area contributed by atoms with Crippen LogP contribution in [0.2, 0.25) is 0 Å². The second-order valence-corrected chi connectivity index (χ2v) is 12.6. The Labute approximate surface area is 253 Å². The molecule has 1 aliphatic carbocycles. The molecule has 2 aromatic rings. The van der Waals surface area contributed by atoms with Gasteiger partial charge in [-0.1, -0.05) is 103 Å². The van der Waals surface area contributed by atoms with Gasteiger partial charge in [0.05, 0.1) is 12.2 Å². The maximum absolute atomic E-state index is 11.0. The van der Waals surface area contributed by atoms with Gasteiger partial charge < -0.3 is 9.64 Å². The zero-order valence-corrected chi connectivity index (χ0v) is 28.0. The summed E-state index contributed by atoms with van der Waals surface area (Å²) in [6.07, 6.45) is 6.82. The van der Waals surface area contributed by atoms with Gasteiger partial charge in [0, 0.05) is 30.8 Å². The van der Waals surface area contributed by atoms with Crippen molar-refractivity contribution in [3.05, 3.63) is 84.1 Å². The zero-order valence-electron chi connectivity index (χ0n) is 28.0. The van der Waals surface area contributed by atoms with Gasteiger partial charge in [-0.25, -0.2) is 0 Å². The molecule has 1 saturated heterocycles. The quantitative estimate of drug-likeness (QED) is 0.321. The van der Waals surface area contributed by atoms with Crippen molar-refractivity contribution >= 4 is 17.0 Å². The van der Waals surface area contributed by atoms with Crippen molar-refractivity contribution in [2.75, 3.05) is 18.6 Å². The lowest BCUT2D eigenvalue weighted by Crippen LogP contribution is -2.63. The predicted octanol–water partition coefficient (Wildman–Crippen LogP) is 10.5. The lowest BCUT2D eigenvalue weighted by atomic mass is 9.60. The molecule has 4 rings (SSSR count). The first-order chi connectivity index (χ1) is 19.3. The molecule has 3 atom stereocenters. The highest BCUT2D eigenvalue weighted by molar-refractivity contribution is 5.79. The van der Waals surface area contributed by atoms with E-state index in [-0.39, 0.29) is 5.78 Å². The molecule has 3 unspecified atom stereocenters. The van der Waals surface area contributed by atoms with Crippen LogP contribution in [-0.2, 0) is 16.0 Å². The fraction of sp³-hybridized carbons (Fsp3) is 0.553. The van der Waals surface area contributed by atoms with Crippen molar-refractivity contribution in [1.82, 2.24) is 0 Å². The van der Waals surface area contributed by atoms with Crippen LogP contribution in [0.5, 0.6) is 0 Å². The molecule has 1 spiro atoms. The van der Waals surface area contributed by atoms with E-state index < -0.39 is 0 Å². The number of ether oxygens (including phenoxy) is 1. The maximum Gasteiger partial charge on any atom is 0.135 e. The summed E-state index contributed by atoms with van der Waals surface area (Å²) in [6.45, 7) is 27.8. The lowest BCUT2D eigenvalue weighted by molar-refractivity contribution is -0.273. The summed E-state index contributed by atoms with van der Waals surface area (Å²) in [6, 6.07) is 16.8. The molecule has 0 amide bonds. The highest BCUT2D eigenvalue weighted by Gasteiger charge is 2.56. The van der Waals surface area contributed by atoms with Crippen LogP contribution >= 0.6 is 0 Å². The van der Waals surface area contributed by atoms with E-state index in [4.69, 9.17) is 4.74 Å². The average molecular weight is 562 g/mol. The van der Waals surface area contributed by atoms with E-state index >= 15 is 0 Å². The van der Waals surface area contributed by atoms with Crippen molar-refractivity contribution in [2.45, 2.75) is 106 Å². The van der Waals surface area contributed by atoms with Gasteiger partial charge >= 0.3 is 0 Å². The largest absolute Gasteiger partial charge is 0.374 e. The summed E-state index contributed by atoms with van der Waals surface area (Å²) in [5.41, 5.74) is 7.27. The summed E-state index contributed by atoms with van der Waals surface area (Å²) in [5, 5.41) is 0. The molecule has 1 heterocycles. The summed E-state index contributed by atoms with van der Waals surface area (Å²) in [5.74, 6) is 2.70. The van der Waals surface area contributed by atoms with Gasteiger partial charge in [0.25, 0.3) is 0 Å². The molecule has 1 aliphatic heterocycles. The van der Waals surface area contributed by atoms with Crippen LogP contribution in [0.25, 0.3) is 5.57 Å². The lowest BCUT2D eigenvalue weighted by Gasteiger charge is -2.59. The minimum absolute atomic E-state index is 0.138. The molecule has 0 N–H and O–H groups in total. The van der Waals surface area contributed by atoms with Crippen LogP contribution in [-0.4, -0.2) is 25.0 Å². The Balaban J connectivity index is 0.000000292. The maximum atomic E-state index is 11.0. The van der Waals surface area contributed by atoms with E-state index in [0.717, 1.165) is 41.3 Å². The molecule has 2 aromatic carbocycles. The second-order valence-electron chi connectivity index (χ2n) is 12.6. The van der Waals surface area contributed by atoms with E-state index in [0.29, 0.717) is 12.0 Å². The van der Waals surface area contributed by atoms with E-state index in [1.165, 1.54) is 48.8 Å². The van der Waals surface area contributed by atoms with E-state index in [1.807, 2.05) is 44.0 Å². The van der Waals surface area contributed by atoms with Crippen molar-refractivity contribution in [1.29, 1.82) is 0 Å². The topological polar surface area (TPSA) is 29.5 Å². The van der Waals surface area contributed by atoms with Crippen LogP contribution in [0.1, 0.15) is 104 Å². The number of carbonyl (C=O) groups is 1. The first kappa shape index (κ1) is 36.4. The number of allylic oxidation sites excluding steroid dienone is 2. The van der Waals surface area contributed by atoms with Crippen molar-refractivity contribution in [2.24, 2.45) is 17.8 Å². The minimum Gasteiger partial charge on any atom is -0.374 e. The van der Waals surface area contributed by atoms with Crippen LogP contribution in [0, 0.1) is 24.7 Å². The zero-order chi connectivity index (χ0) is 31.2. The number of aryl methyl sites for hydroxylation is 2. The fourth-order valence-corrected chi connectivity index (χ4v) is 5.09. The number of carbonyl (C=O) groups excluding carboxylic acids is 1. The Kier molecular flexibility index (Phi) is 16.0. The highest BCUT2D eigenvalue weighted by Crippen LogP contribution is 2.53. The molecule has 0 bridgehead atoms. The average Bonchev–Trinajstić information content (AvgIpc) is 2.88. The molecule has 2 aliphatic rings. The third-order valence-corrected chi connectivity index (χ3v) is 7.84. The number of anilines is 1. The molecule has 0 radical (unpaired) electrons. The highest BCUT2D eigenvalue weighted by atomic mass is 16.5. The third kappa shape index (κ3) is 12.0. The Morgan fingerprint density at radius 3 is 2.02 bits per heavy atom. The molecule has 3 nitrogen and oxygen atoms in total. The number of benzene rings is 2. The summed E-state index contributed by atoms with van der Waals surface area (Å²) in [4.78, 5) is 12.9. The Bertz CT molecular complexity index is 1070. The second kappa shape index (κ2) is 18.0. The summed E-state index contributed by atoms with van der Waals surface area (Å²) >= 11 is 0. The van der Waals surface area contributed by atoms with Gasteiger partial charge in [-0.3, -0.25) is 4.79 Å². The normalized spacial score (nSPS) is 20.1. The molecule has 0 aromatic heterocycles. The van der Waals surface area contributed by atoms with Crippen LogP contribution in [0.15, 0.2) is 67.4 Å². The third-order valence-electron chi connectivity index (χ3n) is 7.84. The molecule has 1 saturated carbocycles. The summed E-state index contributed by atoms with van der Waals surface area (Å²) < 4.78 is 5.67. The monoisotopic (exact) mass is 561 g/mol. The Hall–Kier alpha value is -2.65. The van der Waals surface area contributed by atoms with Crippen molar-refractivity contribution in [3.63, 3.8) is 0 Å². The van der Waals surface area contributed by atoms with Crippen molar-refractivity contribution < 1.29 is 9.53 Å². The van der Waals surface area contributed by atoms with E-state index in [1.54, 1.807) is 6.92 Å². The smallest absolute Gasteiger partial charge is 0.135 e. The molecule has 2 fully saturated rings. The molecule has 228 valence electrons. The van der Waals surface area contributed by atoms with Gasteiger partial charge in [0.2, 0.25) is 0 Å². The fourth-order valence-electron chi connectivity index (χ4n) is 5.09. The van der Waals surface area contributed by atoms with Gasteiger partial charge in [0.1, 0.15) is 5.78 Å². The SMILES string of the molecule is C=C(C)c1ccc(CCC)cc1.C=C(CC(C)=O)N(C)c1cccc(C)c1.CC(C)C.CCC1COC12CCC2C. The van der Waals surface area contributed by atoms with Gasteiger partial charge in [-0.2, -0.15) is 0 Å². The van der Waals surface area contributed by atoms with E-state index in [2.05, 4.69) is 85.0 Å². The predicted molar refractivity (Wildman–Crippen MR) is 181 cm³/mol. The minimum atomic E-state index is 0.138. The Morgan fingerprint density at radius 1 is 1.07 bits per heavy atom. The van der Waals surface area contributed by atoms with Crippen LogP contribution in [0.4, 0.5) is 5.69 Å². The number of nitrogens with zero attached hydrogens (tertiary/aromatic N) is 1.